The van der Waals surface area contributed by atoms with Gasteiger partial charge in [0.25, 0.3) is 0 Å². The molecule has 2 heteroatoms. The summed E-state index contributed by atoms with van der Waals surface area (Å²) < 4.78 is 0. The molecule has 0 bridgehead atoms. The lowest BCUT2D eigenvalue weighted by Crippen LogP contribution is -2.36. The molecule has 2 fully saturated rings. The van der Waals surface area contributed by atoms with Crippen LogP contribution in [-0.2, 0) is 0 Å². The SMILES string of the molecule is CC1CC1CN(C)CCC1(CN)CCCCC1. The Morgan fingerprint density at radius 2 is 1.88 bits per heavy atom. The Morgan fingerprint density at radius 1 is 1.24 bits per heavy atom. The molecule has 2 aliphatic carbocycles. The number of hydrogen-bond donors (Lipinski definition) is 1. The average molecular weight is 238 g/mol. The van der Waals surface area contributed by atoms with E-state index in [0.29, 0.717) is 5.41 Å². The molecule has 2 aliphatic rings. The first-order valence-electron chi connectivity index (χ1n) is 7.54. The number of nitrogens with zero attached hydrogens (tertiary/aromatic N) is 1. The van der Waals surface area contributed by atoms with Crippen LogP contribution in [0.5, 0.6) is 0 Å². The summed E-state index contributed by atoms with van der Waals surface area (Å²) in [7, 11) is 2.29. The predicted octanol–water partition coefficient (Wildman–Crippen LogP) is 2.87. The van der Waals surface area contributed by atoms with Crippen LogP contribution < -0.4 is 5.73 Å². The van der Waals surface area contributed by atoms with E-state index >= 15 is 0 Å². The lowest BCUT2D eigenvalue weighted by molar-refractivity contribution is 0.154. The second-order valence-corrected chi connectivity index (χ2v) is 6.75. The van der Waals surface area contributed by atoms with E-state index in [2.05, 4.69) is 18.9 Å². The molecule has 0 spiro atoms. The van der Waals surface area contributed by atoms with Crippen molar-refractivity contribution in [2.24, 2.45) is 23.0 Å². The Hall–Kier alpha value is -0.0800. The molecule has 0 aromatic rings. The van der Waals surface area contributed by atoms with Gasteiger partial charge in [0.15, 0.2) is 0 Å². The van der Waals surface area contributed by atoms with Gasteiger partial charge in [-0.3, -0.25) is 0 Å². The van der Waals surface area contributed by atoms with E-state index in [-0.39, 0.29) is 0 Å². The third-order valence-electron chi connectivity index (χ3n) is 5.19. The normalized spacial score (nSPS) is 31.8. The van der Waals surface area contributed by atoms with Crippen molar-refractivity contribution in [1.29, 1.82) is 0 Å². The maximum absolute atomic E-state index is 6.04. The second kappa shape index (κ2) is 5.71. The Morgan fingerprint density at radius 3 is 2.41 bits per heavy atom. The van der Waals surface area contributed by atoms with E-state index in [4.69, 9.17) is 5.73 Å². The molecule has 0 amide bonds. The van der Waals surface area contributed by atoms with Crippen LogP contribution in [-0.4, -0.2) is 31.6 Å². The zero-order valence-corrected chi connectivity index (χ0v) is 11.8. The summed E-state index contributed by atoms with van der Waals surface area (Å²) in [6, 6.07) is 0. The zero-order chi connectivity index (χ0) is 12.3. The minimum Gasteiger partial charge on any atom is -0.330 e. The molecular weight excluding hydrogens is 208 g/mol. The van der Waals surface area contributed by atoms with Gasteiger partial charge in [-0.1, -0.05) is 26.2 Å². The molecule has 2 rings (SSSR count). The third-order valence-corrected chi connectivity index (χ3v) is 5.19. The van der Waals surface area contributed by atoms with Gasteiger partial charge in [-0.05, 0) is 63.1 Å². The van der Waals surface area contributed by atoms with Crippen molar-refractivity contribution in [2.75, 3.05) is 26.7 Å². The topological polar surface area (TPSA) is 29.3 Å². The molecule has 0 aromatic carbocycles. The summed E-state index contributed by atoms with van der Waals surface area (Å²) in [6.45, 7) is 5.84. The molecule has 0 aromatic heterocycles. The molecule has 2 atom stereocenters. The Bertz CT molecular complexity index is 233. The van der Waals surface area contributed by atoms with E-state index in [1.807, 2.05) is 0 Å². The van der Waals surface area contributed by atoms with E-state index in [1.165, 1.54) is 58.0 Å². The van der Waals surface area contributed by atoms with Gasteiger partial charge in [0, 0.05) is 6.54 Å². The molecule has 2 nitrogen and oxygen atoms in total. The molecule has 0 heterocycles. The number of rotatable bonds is 6. The Balaban J connectivity index is 1.71. The molecule has 0 saturated heterocycles. The lowest BCUT2D eigenvalue weighted by Gasteiger charge is -2.37. The fourth-order valence-electron chi connectivity index (χ4n) is 3.43. The first-order chi connectivity index (χ1) is 8.15. The highest BCUT2D eigenvalue weighted by molar-refractivity contribution is 4.87. The van der Waals surface area contributed by atoms with Crippen molar-refractivity contribution in [2.45, 2.75) is 51.9 Å². The maximum atomic E-state index is 6.04. The molecule has 2 N–H and O–H groups in total. The molecule has 17 heavy (non-hydrogen) atoms. The number of nitrogens with two attached hydrogens (primary N) is 1. The van der Waals surface area contributed by atoms with Crippen molar-refractivity contribution >= 4 is 0 Å². The average Bonchev–Trinajstić information content (AvgIpc) is 3.03. The highest BCUT2D eigenvalue weighted by atomic mass is 15.1. The number of hydrogen-bond acceptors (Lipinski definition) is 2. The van der Waals surface area contributed by atoms with Gasteiger partial charge in [-0.2, -0.15) is 0 Å². The lowest BCUT2D eigenvalue weighted by atomic mass is 9.72. The van der Waals surface area contributed by atoms with Gasteiger partial charge < -0.3 is 10.6 Å². The van der Waals surface area contributed by atoms with Crippen LogP contribution >= 0.6 is 0 Å². The van der Waals surface area contributed by atoms with Crippen LogP contribution in [0.25, 0.3) is 0 Å². The van der Waals surface area contributed by atoms with Gasteiger partial charge >= 0.3 is 0 Å². The van der Waals surface area contributed by atoms with Crippen LogP contribution in [0.4, 0.5) is 0 Å². The maximum Gasteiger partial charge on any atom is 0.000926 e. The standard InChI is InChI=1S/C15H30N2/c1-13-10-14(13)11-17(2)9-8-15(12-16)6-4-3-5-7-15/h13-14H,3-12,16H2,1-2H3. The second-order valence-electron chi connectivity index (χ2n) is 6.75. The molecule has 0 aliphatic heterocycles. The first kappa shape index (κ1) is 13.4. The summed E-state index contributed by atoms with van der Waals surface area (Å²) in [4.78, 5) is 2.54. The van der Waals surface area contributed by atoms with Crippen molar-refractivity contribution in [3.63, 3.8) is 0 Å². The quantitative estimate of drug-likeness (QED) is 0.771. The van der Waals surface area contributed by atoms with Gasteiger partial charge in [-0.15, -0.1) is 0 Å². The third kappa shape index (κ3) is 3.69. The van der Waals surface area contributed by atoms with Crippen LogP contribution in [0.15, 0.2) is 0 Å². The highest BCUT2D eigenvalue weighted by Gasteiger charge is 2.34. The Labute approximate surface area is 107 Å². The van der Waals surface area contributed by atoms with E-state index in [0.717, 1.165) is 18.4 Å². The summed E-state index contributed by atoms with van der Waals surface area (Å²) in [6.07, 6.45) is 9.75. The van der Waals surface area contributed by atoms with Crippen LogP contribution in [0.1, 0.15) is 51.9 Å². The highest BCUT2D eigenvalue weighted by Crippen LogP contribution is 2.40. The molecule has 100 valence electrons. The monoisotopic (exact) mass is 238 g/mol. The first-order valence-corrected chi connectivity index (χ1v) is 7.54. The largest absolute Gasteiger partial charge is 0.330 e. The summed E-state index contributed by atoms with van der Waals surface area (Å²) in [5.74, 6) is 1.97. The van der Waals surface area contributed by atoms with Crippen molar-refractivity contribution in [3.8, 4) is 0 Å². The smallest absolute Gasteiger partial charge is 0.000926 e. The fourth-order valence-corrected chi connectivity index (χ4v) is 3.43. The van der Waals surface area contributed by atoms with Gasteiger partial charge in [0.1, 0.15) is 0 Å². The minimum absolute atomic E-state index is 0.488. The molecule has 0 radical (unpaired) electrons. The van der Waals surface area contributed by atoms with Gasteiger partial charge in [-0.25, -0.2) is 0 Å². The van der Waals surface area contributed by atoms with Crippen LogP contribution in [0.2, 0.25) is 0 Å². The summed E-state index contributed by atoms with van der Waals surface area (Å²) in [5.41, 5.74) is 6.53. The van der Waals surface area contributed by atoms with E-state index in [1.54, 1.807) is 0 Å². The minimum atomic E-state index is 0.488. The molecular formula is C15H30N2. The van der Waals surface area contributed by atoms with Crippen molar-refractivity contribution < 1.29 is 0 Å². The van der Waals surface area contributed by atoms with E-state index < -0.39 is 0 Å². The zero-order valence-electron chi connectivity index (χ0n) is 11.8. The van der Waals surface area contributed by atoms with Gasteiger partial charge in [0.2, 0.25) is 0 Å². The Kier molecular flexibility index (Phi) is 4.48. The van der Waals surface area contributed by atoms with Gasteiger partial charge in [0.05, 0.1) is 0 Å². The summed E-state index contributed by atoms with van der Waals surface area (Å²) in [5, 5.41) is 0. The molecule has 2 unspecified atom stereocenters. The van der Waals surface area contributed by atoms with Crippen molar-refractivity contribution in [1.82, 2.24) is 4.90 Å². The van der Waals surface area contributed by atoms with Crippen LogP contribution in [0.3, 0.4) is 0 Å². The van der Waals surface area contributed by atoms with Crippen molar-refractivity contribution in [3.05, 3.63) is 0 Å². The molecule has 2 saturated carbocycles. The van der Waals surface area contributed by atoms with Crippen LogP contribution in [0, 0.1) is 17.3 Å². The fraction of sp³-hybridized carbons (Fsp3) is 1.00. The van der Waals surface area contributed by atoms with E-state index in [9.17, 15) is 0 Å². The summed E-state index contributed by atoms with van der Waals surface area (Å²) >= 11 is 0. The predicted molar refractivity (Wildman–Crippen MR) is 74.0 cm³/mol.